The Labute approximate surface area is 81.9 Å². The van der Waals surface area contributed by atoms with E-state index in [1.165, 1.54) is 0 Å². The molecule has 1 aliphatic carbocycles. The standard InChI is InChI=1S/C10H12N2O2/c13-10(7-1-2-7)12-4-3-9-8(6-12)5-11-14-9/h5,7H,1-4,6H2. The van der Waals surface area contributed by atoms with Crippen molar-refractivity contribution in [1.82, 2.24) is 10.1 Å². The lowest BCUT2D eigenvalue weighted by Gasteiger charge is -2.25. The molecule has 0 unspecified atom stereocenters. The third-order valence-electron chi connectivity index (χ3n) is 2.94. The lowest BCUT2D eigenvalue weighted by molar-refractivity contribution is -0.133. The quantitative estimate of drug-likeness (QED) is 0.666. The SMILES string of the molecule is O=C(C1CC1)N1CCc2oncc2C1. The van der Waals surface area contributed by atoms with E-state index in [1.54, 1.807) is 6.20 Å². The minimum atomic E-state index is 0.316. The average Bonchev–Trinajstić information content (AvgIpc) is 2.95. The normalized spacial score (nSPS) is 20.7. The fraction of sp³-hybridized carbons (Fsp3) is 0.600. The molecule has 74 valence electrons. The van der Waals surface area contributed by atoms with Crippen LogP contribution in [0.3, 0.4) is 0 Å². The van der Waals surface area contributed by atoms with Crippen molar-refractivity contribution in [3.05, 3.63) is 17.5 Å². The van der Waals surface area contributed by atoms with Gasteiger partial charge in [-0.1, -0.05) is 5.16 Å². The van der Waals surface area contributed by atoms with E-state index in [0.29, 0.717) is 18.4 Å². The first-order valence-electron chi connectivity index (χ1n) is 5.06. The molecule has 4 heteroatoms. The van der Waals surface area contributed by atoms with E-state index in [-0.39, 0.29) is 0 Å². The molecule has 1 saturated carbocycles. The molecule has 1 aliphatic heterocycles. The predicted octanol–water partition coefficient (Wildman–Crippen LogP) is 0.969. The van der Waals surface area contributed by atoms with E-state index in [0.717, 1.165) is 37.1 Å². The van der Waals surface area contributed by atoms with Crippen molar-refractivity contribution >= 4 is 5.91 Å². The first-order chi connectivity index (χ1) is 6.84. The van der Waals surface area contributed by atoms with Gasteiger partial charge in [0.1, 0.15) is 5.76 Å². The summed E-state index contributed by atoms with van der Waals surface area (Å²) in [5.41, 5.74) is 1.07. The third-order valence-corrected chi connectivity index (χ3v) is 2.94. The number of hydrogen-bond donors (Lipinski definition) is 0. The fourth-order valence-electron chi connectivity index (χ4n) is 1.92. The minimum Gasteiger partial charge on any atom is -0.361 e. The minimum absolute atomic E-state index is 0.316. The van der Waals surface area contributed by atoms with E-state index in [1.807, 2.05) is 4.90 Å². The Hall–Kier alpha value is -1.32. The molecule has 1 fully saturated rings. The average molecular weight is 192 g/mol. The molecule has 2 heterocycles. The molecule has 4 nitrogen and oxygen atoms in total. The number of rotatable bonds is 1. The summed E-state index contributed by atoms with van der Waals surface area (Å²) in [7, 11) is 0. The maximum Gasteiger partial charge on any atom is 0.225 e. The number of carbonyl (C=O) groups excluding carboxylic acids is 1. The van der Waals surface area contributed by atoms with Gasteiger partial charge in [-0.25, -0.2) is 0 Å². The molecule has 0 N–H and O–H groups in total. The van der Waals surface area contributed by atoms with Crippen LogP contribution in [0, 0.1) is 5.92 Å². The molecule has 1 aromatic rings. The monoisotopic (exact) mass is 192 g/mol. The fourth-order valence-corrected chi connectivity index (χ4v) is 1.92. The van der Waals surface area contributed by atoms with Crippen molar-refractivity contribution in [2.45, 2.75) is 25.8 Å². The van der Waals surface area contributed by atoms with Gasteiger partial charge in [0.05, 0.1) is 12.7 Å². The first kappa shape index (κ1) is 8.03. The number of nitrogens with zero attached hydrogens (tertiary/aromatic N) is 2. The van der Waals surface area contributed by atoms with Crippen molar-refractivity contribution in [2.24, 2.45) is 5.92 Å². The van der Waals surface area contributed by atoms with Gasteiger partial charge in [0.2, 0.25) is 5.91 Å². The number of hydrogen-bond acceptors (Lipinski definition) is 3. The van der Waals surface area contributed by atoms with Crippen LogP contribution < -0.4 is 0 Å². The molecule has 2 aliphatic rings. The Kier molecular flexibility index (Phi) is 1.63. The van der Waals surface area contributed by atoms with Crippen LogP contribution in [0.4, 0.5) is 0 Å². The number of aromatic nitrogens is 1. The molecular formula is C10H12N2O2. The summed E-state index contributed by atoms with van der Waals surface area (Å²) in [5.74, 6) is 1.58. The van der Waals surface area contributed by atoms with Gasteiger partial charge in [0, 0.05) is 24.4 Å². The summed E-state index contributed by atoms with van der Waals surface area (Å²) in [6, 6.07) is 0. The van der Waals surface area contributed by atoms with E-state index in [9.17, 15) is 4.79 Å². The predicted molar refractivity (Wildman–Crippen MR) is 48.3 cm³/mol. The molecule has 0 spiro atoms. The Balaban J connectivity index is 1.77. The van der Waals surface area contributed by atoms with Crippen LogP contribution >= 0.6 is 0 Å². The number of carbonyl (C=O) groups is 1. The van der Waals surface area contributed by atoms with Crippen molar-refractivity contribution in [3.63, 3.8) is 0 Å². The van der Waals surface area contributed by atoms with E-state index < -0.39 is 0 Å². The van der Waals surface area contributed by atoms with Gasteiger partial charge in [0.15, 0.2) is 0 Å². The molecule has 0 atom stereocenters. The molecule has 0 saturated heterocycles. The molecular weight excluding hydrogens is 180 g/mol. The Morgan fingerprint density at radius 3 is 3.21 bits per heavy atom. The van der Waals surface area contributed by atoms with Gasteiger partial charge in [-0.15, -0.1) is 0 Å². The van der Waals surface area contributed by atoms with E-state index >= 15 is 0 Å². The van der Waals surface area contributed by atoms with Crippen LogP contribution in [0.25, 0.3) is 0 Å². The lowest BCUT2D eigenvalue weighted by atomic mass is 10.1. The van der Waals surface area contributed by atoms with Crippen LogP contribution in [0.2, 0.25) is 0 Å². The van der Waals surface area contributed by atoms with Crippen molar-refractivity contribution in [2.75, 3.05) is 6.54 Å². The summed E-state index contributed by atoms with van der Waals surface area (Å²) in [6.07, 6.45) is 4.69. The van der Waals surface area contributed by atoms with Gasteiger partial charge in [0.25, 0.3) is 0 Å². The summed E-state index contributed by atoms with van der Waals surface area (Å²) >= 11 is 0. The zero-order chi connectivity index (χ0) is 9.54. The summed E-state index contributed by atoms with van der Waals surface area (Å²) in [4.78, 5) is 13.7. The second-order valence-electron chi connectivity index (χ2n) is 4.06. The van der Waals surface area contributed by atoms with Crippen molar-refractivity contribution in [1.29, 1.82) is 0 Å². The van der Waals surface area contributed by atoms with E-state index in [4.69, 9.17) is 4.52 Å². The number of fused-ring (bicyclic) bond motifs is 1. The van der Waals surface area contributed by atoms with Crippen molar-refractivity contribution < 1.29 is 9.32 Å². The van der Waals surface area contributed by atoms with Crippen LogP contribution in [-0.4, -0.2) is 22.5 Å². The Morgan fingerprint density at radius 1 is 1.57 bits per heavy atom. The Morgan fingerprint density at radius 2 is 2.43 bits per heavy atom. The van der Waals surface area contributed by atoms with E-state index in [2.05, 4.69) is 5.16 Å². The van der Waals surface area contributed by atoms with Gasteiger partial charge in [-0.2, -0.15) is 0 Å². The van der Waals surface area contributed by atoms with Gasteiger partial charge in [-0.05, 0) is 12.8 Å². The van der Waals surface area contributed by atoms with Crippen LogP contribution in [0.15, 0.2) is 10.7 Å². The van der Waals surface area contributed by atoms with Gasteiger partial charge in [-0.3, -0.25) is 4.79 Å². The summed E-state index contributed by atoms with van der Waals surface area (Å²) in [5, 5.41) is 3.75. The molecule has 14 heavy (non-hydrogen) atoms. The molecule has 0 bridgehead atoms. The van der Waals surface area contributed by atoms with Crippen molar-refractivity contribution in [3.8, 4) is 0 Å². The van der Waals surface area contributed by atoms with Gasteiger partial charge >= 0.3 is 0 Å². The zero-order valence-electron chi connectivity index (χ0n) is 7.90. The Bertz CT molecular complexity index is 368. The highest BCUT2D eigenvalue weighted by Crippen LogP contribution is 2.32. The third kappa shape index (κ3) is 1.22. The summed E-state index contributed by atoms with van der Waals surface area (Å²) in [6.45, 7) is 1.48. The van der Waals surface area contributed by atoms with Gasteiger partial charge < -0.3 is 9.42 Å². The van der Waals surface area contributed by atoms with Crippen LogP contribution in [-0.2, 0) is 17.8 Å². The topological polar surface area (TPSA) is 46.3 Å². The highest BCUT2D eigenvalue weighted by Gasteiger charge is 2.35. The second-order valence-corrected chi connectivity index (χ2v) is 4.06. The van der Waals surface area contributed by atoms with Crippen LogP contribution in [0.5, 0.6) is 0 Å². The molecule has 0 radical (unpaired) electrons. The lowest BCUT2D eigenvalue weighted by Crippen LogP contribution is -2.36. The maximum absolute atomic E-state index is 11.8. The molecule has 3 rings (SSSR count). The zero-order valence-corrected chi connectivity index (χ0v) is 7.90. The summed E-state index contributed by atoms with van der Waals surface area (Å²) < 4.78 is 5.07. The highest BCUT2D eigenvalue weighted by atomic mass is 16.5. The van der Waals surface area contributed by atoms with Crippen LogP contribution in [0.1, 0.15) is 24.2 Å². The number of amides is 1. The molecule has 1 aromatic heterocycles. The maximum atomic E-state index is 11.8. The smallest absolute Gasteiger partial charge is 0.225 e. The highest BCUT2D eigenvalue weighted by molar-refractivity contribution is 5.81. The molecule has 1 amide bonds. The second kappa shape index (κ2) is 2.83. The molecule has 0 aromatic carbocycles. The largest absolute Gasteiger partial charge is 0.361 e. The first-order valence-corrected chi connectivity index (χ1v) is 5.06.